The minimum atomic E-state index is 0.0346. The van der Waals surface area contributed by atoms with Gasteiger partial charge in [0.1, 0.15) is 15.6 Å². The van der Waals surface area contributed by atoms with Gasteiger partial charge in [0, 0.05) is 20.1 Å². The highest BCUT2D eigenvalue weighted by molar-refractivity contribution is 7.17. The van der Waals surface area contributed by atoms with Crippen molar-refractivity contribution < 1.29 is 9.53 Å². The van der Waals surface area contributed by atoms with Crippen molar-refractivity contribution in [3.8, 4) is 16.3 Å². The first-order chi connectivity index (χ1) is 13.3. The minimum absolute atomic E-state index is 0.0346. The Morgan fingerprint density at radius 2 is 1.89 bits per heavy atom. The number of ether oxygens (including phenoxy) is 1. The number of rotatable bonds is 9. The molecular formula is C22H33N3O2S. The quantitative estimate of drug-likeness (QED) is 0.611. The maximum atomic E-state index is 13.0. The highest BCUT2D eigenvalue weighted by Gasteiger charge is 2.21. The molecule has 1 aromatic heterocycles. The molecule has 154 valence electrons. The molecule has 0 aliphatic carbocycles. The van der Waals surface area contributed by atoms with Crippen molar-refractivity contribution in [1.82, 2.24) is 14.8 Å². The van der Waals surface area contributed by atoms with Gasteiger partial charge in [-0.05, 0) is 43.6 Å². The van der Waals surface area contributed by atoms with Crippen molar-refractivity contribution in [3.05, 3.63) is 34.3 Å². The molecule has 0 spiro atoms. The van der Waals surface area contributed by atoms with Crippen LogP contribution in [0.5, 0.6) is 5.75 Å². The Bertz CT molecular complexity index is 797. The Labute approximate surface area is 173 Å². The van der Waals surface area contributed by atoms with Gasteiger partial charge in [0.25, 0.3) is 5.91 Å². The molecule has 1 heterocycles. The minimum Gasteiger partial charge on any atom is -0.496 e. The number of likely N-dealkylation sites (N-methyl/N-ethyl adjacent to an activating group) is 2. The summed E-state index contributed by atoms with van der Waals surface area (Å²) in [5, 5.41) is 0.831. The molecule has 0 aliphatic heterocycles. The number of hydrogen-bond acceptors (Lipinski definition) is 5. The van der Waals surface area contributed by atoms with Gasteiger partial charge in [0.2, 0.25) is 0 Å². The summed E-state index contributed by atoms with van der Waals surface area (Å²) in [5.41, 5.74) is 2.95. The molecule has 0 saturated heterocycles. The number of aryl methyl sites for hydroxylation is 1. The monoisotopic (exact) mass is 403 g/mol. The van der Waals surface area contributed by atoms with Gasteiger partial charge in [0.15, 0.2) is 0 Å². The number of carbonyl (C=O) groups is 1. The first kappa shape index (κ1) is 22.4. The van der Waals surface area contributed by atoms with Gasteiger partial charge in [-0.15, -0.1) is 11.3 Å². The molecule has 0 unspecified atom stereocenters. The molecule has 1 amide bonds. The number of amides is 1. The molecule has 2 aromatic rings. The Balaban J connectivity index is 2.27. The fraction of sp³-hybridized carbons (Fsp3) is 0.545. The average Bonchev–Trinajstić information content (AvgIpc) is 3.08. The predicted octanol–water partition coefficient (Wildman–Crippen LogP) is 4.66. The lowest BCUT2D eigenvalue weighted by Gasteiger charge is -2.22. The lowest BCUT2D eigenvalue weighted by Crippen LogP contribution is -2.36. The molecular weight excluding hydrogens is 370 g/mol. The van der Waals surface area contributed by atoms with Crippen molar-refractivity contribution in [1.29, 1.82) is 0 Å². The van der Waals surface area contributed by atoms with E-state index in [9.17, 15) is 4.79 Å². The number of aromatic nitrogens is 1. The molecule has 1 aromatic carbocycles. The summed E-state index contributed by atoms with van der Waals surface area (Å²) in [6, 6.07) is 6.19. The van der Waals surface area contributed by atoms with E-state index in [0.29, 0.717) is 17.3 Å². The molecule has 0 N–H and O–H groups in total. The van der Waals surface area contributed by atoms with E-state index in [1.165, 1.54) is 16.9 Å². The zero-order valence-electron chi connectivity index (χ0n) is 18.2. The molecule has 6 heteroatoms. The van der Waals surface area contributed by atoms with Crippen LogP contribution >= 0.6 is 11.3 Å². The van der Waals surface area contributed by atoms with Gasteiger partial charge >= 0.3 is 0 Å². The Morgan fingerprint density at radius 1 is 1.21 bits per heavy atom. The summed E-state index contributed by atoms with van der Waals surface area (Å²) in [6.45, 7) is 14.1. The zero-order valence-corrected chi connectivity index (χ0v) is 19.0. The van der Waals surface area contributed by atoms with Crippen LogP contribution in [0, 0.1) is 6.92 Å². The second-order valence-electron chi connectivity index (χ2n) is 7.30. The fourth-order valence-electron chi connectivity index (χ4n) is 3.07. The third-order valence-electron chi connectivity index (χ3n) is 5.10. The Morgan fingerprint density at radius 3 is 2.46 bits per heavy atom. The van der Waals surface area contributed by atoms with Crippen LogP contribution in [0.2, 0.25) is 0 Å². The van der Waals surface area contributed by atoms with Gasteiger partial charge < -0.3 is 14.5 Å². The van der Waals surface area contributed by atoms with E-state index < -0.39 is 0 Å². The van der Waals surface area contributed by atoms with Gasteiger partial charge in [-0.3, -0.25) is 4.79 Å². The largest absolute Gasteiger partial charge is 0.496 e. The van der Waals surface area contributed by atoms with E-state index in [0.717, 1.165) is 41.6 Å². The average molecular weight is 404 g/mol. The summed E-state index contributed by atoms with van der Waals surface area (Å²) < 4.78 is 5.55. The van der Waals surface area contributed by atoms with Crippen LogP contribution in [0.15, 0.2) is 18.2 Å². The van der Waals surface area contributed by atoms with Crippen LogP contribution in [0.4, 0.5) is 0 Å². The molecule has 2 rings (SSSR count). The van der Waals surface area contributed by atoms with E-state index in [-0.39, 0.29) is 5.91 Å². The number of hydrogen-bond donors (Lipinski definition) is 0. The number of carbonyl (C=O) groups excluding carboxylic acids is 1. The molecule has 0 atom stereocenters. The molecule has 28 heavy (non-hydrogen) atoms. The van der Waals surface area contributed by atoms with Crippen LogP contribution in [-0.2, 0) is 0 Å². The van der Waals surface area contributed by atoms with E-state index in [4.69, 9.17) is 9.72 Å². The van der Waals surface area contributed by atoms with Crippen LogP contribution < -0.4 is 4.74 Å². The Kier molecular flexibility index (Phi) is 8.01. The maximum absolute atomic E-state index is 13.0. The second kappa shape index (κ2) is 10.0. The van der Waals surface area contributed by atoms with Gasteiger partial charge in [-0.25, -0.2) is 4.98 Å². The highest BCUT2D eigenvalue weighted by Crippen LogP contribution is 2.36. The van der Waals surface area contributed by atoms with Crippen LogP contribution in [0.25, 0.3) is 10.6 Å². The summed E-state index contributed by atoms with van der Waals surface area (Å²) >= 11 is 1.45. The van der Waals surface area contributed by atoms with E-state index in [2.05, 4.69) is 44.7 Å². The first-order valence-corrected chi connectivity index (χ1v) is 10.8. The lowest BCUT2D eigenvalue weighted by atomic mass is 10.0. The second-order valence-corrected chi connectivity index (χ2v) is 8.30. The highest BCUT2D eigenvalue weighted by atomic mass is 32.1. The third-order valence-corrected chi connectivity index (χ3v) is 6.28. The van der Waals surface area contributed by atoms with Crippen LogP contribution in [-0.4, -0.2) is 61.0 Å². The molecule has 0 aliphatic rings. The fourth-order valence-corrected chi connectivity index (χ4v) is 4.15. The summed E-state index contributed by atoms with van der Waals surface area (Å²) in [5.74, 6) is 1.23. The molecule has 0 saturated carbocycles. The summed E-state index contributed by atoms with van der Waals surface area (Å²) in [6.07, 6.45) is 0. The maximum Gasteiger partial charge on any atom is 0.265 e. The first-order valence-electron chi connectivity index (χ1n) is 9.95. The summed E-state index contributed by atoms with van der Waals surface area (Å²) in [7, 11) is 3.53. The van der Waals surface area contributed by atoms with E-state index in [1.807, 2.05) is 20.0 Å². The van der Waals surface area contributed by atoms with Crippen molar-refractivity contribution in [2.45, 2.75) is 40.5 Å². The van der Waals surface area contributed by atoms with Crippen molar-refractivity contribution in [2.75, 3.05) is 40.3 Å². The third kappa shape index (κ3) is 5.11. The molecule has 0 fully saturated rings. The molecule has 0 bridgehead atoms. The SMILES string of the molecule is CCN(CC)CCN(C)C(=O)c1sc(-c2cc(C(C)C)ccc2OC)nc1C. The van der Waals surface area contributed by atoms with E-state index >= 15 is 0 Å². The Hall–Kier alpha value is -1.92. The van der Waals surface area contributed by atoms with Gasteiger partial charge in [-0.2, -0.15) is 0 Å². The summed E-state index contributed by atoms with van der Waals surface area (Å²) in [4.78, 5) is 22.5. The lowest BCUT2D eigenvalue weighted by molar-refractivity contribution is 0.0783. The number of benzene rings is 1. The van der Waals surface area contributed by atoms with Crippen molar-refractivity contribution in [2.24, 2.45) is 0 Å². The van der Waals surface area contributed by atoms with Crippen molar-refractivity contribution >= 4 is 17.2 Å². The smallest absolute Gasteiger partial charge is 0.265 e. The van der Waals surface area contributed by atoms with Gasteiger partial charge in [0.05, 0.1) is 18.4 Å². The van der Waals surface area contributed by atoms with Crippen LogP contribution in [0.1, 0.15) is 54.5 Å². The number of nitrogens with zero attached hydrogens (tertiary/aromatic N) is 3. The normalized spacial score (nSPS) is 11.3. The van der Waals surface area contributed by atoms with Gasteiger partial charge in [-0.1, -0.05) is 33.8 Å². The predicted molar refractivity (Wildman–Crippen MR) is 118 cm³/mol. The number of methoxy groups -OCH3 is 1. The van der Waals surface area contributed by atoms with Crippen molar-refractivity contribution in [3.63, 3.8) is 0 Å². The standard InChI is InChI=1S/C22H33N3O2S/c1-8-25(9-2)13-12-24(6)22(26)20-16(5)23-21(28-20)18-14-17(15(3)4)10-11-19(18)27-7/h10-11,14-15H,8-9,12-13H2,1-7H3. The van der Waals surface area contributed by atoms with E-state index in [1.54, 1.807) is 12.0 Å². The van der Waals surface area contributed by atoms with Crippen LogP contribution in [0.3, 0.4) is 0 Å². The topological polar surface area (TPSA) is 45.7 Å². The zero-order chi connectivity index (χ0) is 20.8. The number of thiazole rings is 1. The molecule has 5 nitrogen and oxygen atoms in total. The molecule has 0 radical (unpaired) electrons.